The van der Waals surface area contributed by atoms with Crippen LogP contribution in [0.2, 0.25) is 0 Å². The molecule has 1 aromatic heterocycles. The number of rotatable bonds is 2. The molecule has 0 bridgehead atoms. The van der Waals surface area contributed by atoms with Gasteiger partial charge in [-0.1, -0.05) is 0 Å². The highest BCUT2D eigenvalue weighted by Crippen LogP contribution is 2.16. The van der Waals surface area contributed by atoms with E-state index in [1.54, 1.807) is 24.2 Å². The van der Waals surface area contributed by atoms with Crippen molar-refractivity contribution in [2.24, 2.45) is 0 Å². The fraction of sp³-hybridized carbons (Fsp3) is 0.455. The van der Waals surface area contributed by atoms with Crippen LogP contribution in [0.15, 0.2) is 18.5 Å². The number of likely N-dealkylation sites (N-methyl/N-ethyl adjacent to an activating group) is 1. The molecule has 1 saturated heterocycles. The Balaban J connectivity index is 2.15. The number of anilines is 1. The lowest BCUT2D eigenvalue weighted by atomic mass is 10.1. The zero-order valence-electron chi connectivity index (χ0n) is 9.22. The Morgan fingerprint density at radius 1 is 1.69 bits per heavy atom. The number of carbonyl (C=O) groups is 1. The van der Waals surface area contributed by atoms with Crippen LogP contribution in [0, 0.1) is 0 Å². The van der Waals surface area contributed by atoms with Crippen LogP contribution in [0.5, 0.6) is 0 Å². The molecule has 16 heavy (non-hydrogen) atoms. The first-order chi connectivity index (χ1) is 7.70. The lowest BCUT2D eigenvalue weighted by Gasteiger charge is -2.23. The third-order valence-corrected chi connectivity index (χ3v) is 2.86. The van der Waals surface area contributed by atoms with Gasteiger partial charge in [0, 0.05) is 19.9 Å². The molecule has 0 aliphatic carbocycles. The fourth-order valence-corrected chi connectivity index (χ4v) is 1.78. The van der Waals surface area contributed by atoms with E-state index < -0.39 is 0 Å². The Hall–Kier alpha value is -1.62. The number of amides is 1. The highest BCUT2D eigenvalue weighted by molar-refractivity contribution is 5.98. The van der Waals surface area contributed by atoms with Crippen molar-refractivity contribution >= 4 is 11.6 Å². The molecule has 86 valence electrons. The van der Waals surface area contributed by atoms with Gasteiger partial charge in [-0.15, -0.1) is 0 Å². The van der Waals surface area contributed by atoms with Crippen LogP contribution >= 0.6 is 0 Å². The zero-order valence-corrected chi connectivity index (χ0v) is 9.22. The normalized spacial score (nSPS) is 19.7. The van der Waals surface area contributed by atoms with E-state index >= 15 is 0 Å². The number of nitrogens with zero attached hydrogens (tertiary/aromatic N) is 2. The minimum absolute atomic E-state index is 0.0737. The number of pyridine rings is 1. The van der Waals surface area contributed by atoms with Gasteiger partial charge in [-0.05, 0) is 12.5 Å². The maximum absolute atomic E-state index is 12.1. The molecule has 1 aliphatic rings. The Morgan fingerprint density at radius 3 is 3.12 bits per heavy atom. The second-order valence-corrected chi connectivity index (χ2v) is 3.90. The molecule has 2 rings (SSSR count). The topological polar surface area (TPSA) is 68.5 Å². The third kappa shape index (κ3) is 1.99. The molecule has 2 N–H and O–H groups in total. The Labute approximate surface area is 94.2 Å². The lowest BCUT2D eigenvalue weighted by molar-refractivity contribution is 0.0712. The largest absolute Gasteiger partial charge is 0.397 e. The summed E-state index contributed by atoms with van der Waals surface area (Å²) in [6.07, 6.45) is 3.95. The van der Waals surface area contributed by atoms with Gasteiger partial charge in [0.25, 0.3) is 5.91 Å². The molecule has 0 aromatic carbocycles. The summed E-state index contributed by atoms with van der Waals surface area (Å²) in [6.45, 7) is 1.32. The van der Waals surface area contributed by atoms with Crippen molar-refractivity contribution in [3.63, 3.8) is 0 Å². The minimum Gasteiger partial charge on any atom is -0.397 e. The molecule has 1 unspecified atom stereocenters. The number of aromatic nitrogens is 1. The molecule has 5 heteroatoms. The van der Waals surface area contributed by atoms with Crippen LogP contribution in [-0.4, -0.2) is 42.1 Å². The van der Waals surface area contributed by atoms with E-state index in [-0.39, 0.29) is 11.9 Å². The van der Waals surface area contributed by atoms with Crippen molar-refractivity contribution in [1.82, 2.24) is 9.88 Å². The molecule has 1 atom stereocenters. The molecule has 2 heterocycles. The molecule has 0 saturated carbocycles. The molecule has 0 radical (unpaired) electrons. The molecular weight excluding hydrogens is 206 g/mol. The lowest BCUT2D eigenvalue weighted by Crippen LogP contribution is -2.37. The predicted octanol–water partition coefficient (Wildman–Crippen LogP) is 0.525. The number of nitrogen functional groups attached to an aromatic ring is 1. The predicted molar refractivity (Wildman–Crippen MR) is 60.0 cm³/mol. The van der Waals surface area contributed by atoms with E-state index in [4.69, 9.17) is 10.5 Å². The van der Waals surface area contributed by atoms with Gasteiger partial charge in [-0.2, -0.15) is 0 Å². The number of carbonyl (C=O) groups excluding carboxylic acids is 1. The van der Waals surface area contributed by atoms with Gasteiger partial charge >= 0.3 is 0 Å². The van der Waals surface area contributed by atoms with Crippen LogP contribution in [0.3, 0.4) is 0 Å². The first kappa shape index (κ1) is 10.9. The van der Waals surface area contributed by atoms with Crippen molar-refractivity contribution in [3.8, 4) is 0 Å². The summed E-state index contributed by atoms with van der Waals surface area (Å²) >= 11 is 0. The van der Waals surface area contributed by atoms with E-state index in [1.165, 1.54) is 6.20 Å². The number of hydrogen-bond donors (Lipinski definition) is 1. The van der Waals surface area contributed by atoms with Gasteiger partial charge in [-0.3, -0.25) is 9.78 Å². The van der Waals surface area contributed by atoms with Crippen LogP contribution in [-0.2, 0) is 4.74 Å². The van der Waals surface area contributed by atoms with Gasteiger partial charge in [0.2, 0.25) is 0 Å². The molecule has 1 amide bonds. The van der Waals surface area contributed by atoms with E-state index in [0.29, 0.717) is 24.5 Å². The molecule has 1 aromatic rings. The Kier molecular flexibility index (Phi) is 3.05. The van der Waals surface area contributed by atoms with E-state index in [2.05, 4.69) is 4.98 Å². The van der Waals surface area contributed by atoms with Crippen LogP contribution in [0.1, 0.15) is 16.8 Å². The SMILES string of the molecule is CN(C(=O)c1ccncc1N)C1CCOC1. The zero-order chi connectivity index (χ0) is 11.5. The maximum Gasteiger partial charge on any atom is 0.256 e. The summed E-state index contributed by atoms with van der Waals surface area (Å²) in [5.74, 6) is -0.0737. The minimum atomic E-state index is -0.0737. The molecule has 0 spiro atoms. The van der Waals surface area contributed by atoms with Crippen LogP contribution < -0.4 is 5.73 Å². The quantitative estimate of drug-likeness (QED) is 0.790. The average Bonchev–Trinajstić information content (AvgIpc) is 2.81. The number of ether oxygens (including phenoxy) is 1. The summed E-state index contributed by atoms with van der Waals surface area (Å²) in [5.41, 5.74) is 6.64. The Morgan fingerprint density at radius 2 is 2.50 bits per heavy atom. The monoisotopic (exact) mass is 221 g/mol. The van der Waals surface area contributed by atoms with Crippen molar-refractivity contribution in [3.05, 3.63) is 24.0 Å². The summed E-state index contributed by atoms with van der Waals surface area (Å²) in [7, 11) is 1.78. The maximum atomic E-state index is 12.1. The fourth-order valence-electron chi connectivity index (χ4n) is 1.78. The van der Waals surface area contributed by atoms with Crippen LogP contribution in [0.4, 0.5) is 5.69 Å². The second kappa shape index (κ2) is 4.49. The van der Waals surface area contributed by atoms with E-state index in [1.807, 2.05) is 0 Å². The first-order valence-electron chi connectivity index (χ1n) is 5.24. The van der Waals surface area contributed by atoms with Gasteiger partial charge in [-0.25, -0.2) is 0 Å². The molecule has 1 fully saturated rings. The molecular formula is C11H15N3O2. The summed E-state index contributed by atoms with van der Waals surface area (Å²) in [4.78, 5) is 17.7. The second-order valence-electron chi connectivity index (χ2n) is 3.90. The Bertz CT molecular complexity index is 389. The van der Waals surface area contributed by atoms with Crippen molar-refractivity contribution in [2.75, 3.05) is 26.0 Å². The molecule has 1 aliphatic heterocycles. The van der Waals surface area contributed by atoms with Crippen molar-refractivity contribution < 1.29 is 9.53 Å². The first-order valence-corrected chi connectivity index (χ1v) is 5.24. The average molecular weight is 221 g/mol. The van der Waals surface area contributed by atoms with Crippen molar-refractivity contribution in [2.45, 2.75) is 12.5 Å². The van der Waals surface area contributed by atoms with Gasteiger partial charge in [0.05, 0.1) is 30.1 Å². The summed E-state index contributed by atoms with van der Waals surface area (Å²) < 4.78 is 5.26. The molecule has 5 nitrogen and oxygen atoms in total. The highest BCUT2D eigenvalue weighted by Gasteiger charge is 2.25. The third-order valence-electron chi connectivity index (χ3n) is 2.86. The standard InChI is InChI=1S/C11H15N3O2/c1-14(8-3-5-16-7-8)11(15)9-2-4-13-6-10(9)12/h2,4,6,8H,3,5,7,12H2,1H3. The van der Waals surface area contributed by atoms with Crippen LogP contribution in [0.25, 0.3) is 0 Å². The number of nitrogens with two attached hydrogens (primary N) is 1. The smallest absolute Gasteiger partial charge is 0.256 e. The van der Waals surface area contributed by atoms with Gasteiger partial charge in [0.1, 0.15) is 0 Å². The summed E-state index contributed by atoms with van der Waals surface area (Å²) in [6, 6.07) is 1.80. The number of hydrogen-bond acceptors (Lipinski definition) is 4. The van der Waals surface area contributed by atoms with Gasteiger partial charge in [0.15, 0.2) is 0 Å². The van der Waals surface area contributed by atoms with Crippen molar-refractivity contribution in [1.29, 1.82) is 0 Å². The summed E-state index contributed by atoms with van der Waals surface area (Å²) in [5, 5.41) is 0. The highest BCUT2D eigenvalue weighted by atomic mass is 16.5. The van der Waals surface area contributed by atoms with E-state index in [0.717, 1.165) is 6.42 Å². The van der Waals surface area contributed by atoms with E-state index in [9.17, 15) is 4.79 Å². The van der Waals surface area contributed by atoms with Gasteiger partial charge < -0.3 is 15.4 Å².